The Morgan fingerprint density at radius 3 is 2.17 bits per heavy atom. The SMILES string of the molecule is CC1(C(F)(F)F)OC(=O)OC1F. The third-order valence-electron chi connectivity index (χ3n) is 1.49. The highest BCUT2D eigenvalue weighted by Crippen LogP contribution is 2.41. The summed E-state index contributed by atoms with van der Waals surface area (Å²) in [5, 5.41) is 0. The van der Waals surface area contributed by atoms with E-state index in [1.807, 2.05) is 0 Å². The second-order valence-corrected chi connectivity index (χ2v) is 2.39. The van der Waals surface area contributed by atoms with Crippen LogP contribution >= 0.6 is 0 Å². The number of halogens is 4. The molecule has 2 atom stereocenters. The quantitative estimate of drug-likeness (QED) is 0.429. The molecule has 0 aliphatic carbocycles. The van der Waals surface area contributed by atoms with Gasteiger partial charge in [0.25, 0.3) is 12.0 Å². The number of rotatable bonds is 0. The minimum atomic E-state index is -4.97. The molecular formula is C5H4F4O3. The van der Waals surface area contributed by atoms with E-state index in [1.165, 1.54) is 0 Å². The molecule has 0 saturated carbocycles. The molecule has 0 aromatic heterocycles. The summed E-state index contributed by atoms with van der Waals surface area (Å²) in [6.45, 7) is 0.405. The van der Waals surface area contributed by atoms with E-state index in [0.29, 0.717) is 6.92 Å². The lowest BCUT2D eigenvalue weighted by atomic mass is 10.1. The van der Waals surface area contributed by atoms with E-state index in [0.717, 1.165) is 0 Å². The van der Waals surface area contributed by atoms with Crippen LogP contribution in [0.2, 0.25) is 0 Å². The fraction of sp³-hybridized carbons (Fsp3) is 0.800. The van der Waals surface area contributed by atoms with E-state index in [4.69, 9.17) is 0 Å². The molecule has 1 fully saturated rings. The first-order valence-electron chi connectivity index (χ1n) is 2.88. The van der Waals surface area contributed by atoms with Crippen LogP contribution < -0.4 is 0 Å². The van der Waals surface area contributed by atoms with Gasteiger partial charge in [0, 0.05) is 0 Å². The molecule has 70 valence electrons. The van der Waals surface area contributed by atoms with Gasteiger partial charge in [-0.25, -0.2) is 4.79 Å². The number of ether oxygens (including phenoxy) is 2. The van der Waals surface area contributed by atoms with E-state index < -0.39 is 24.3 Å². The van der Waals surface area contributed by atoms with Gasteiger partial charge in [0.05, 0.1) is 0 Å². The summed E-state index contributed by atoms with van der Waals surface area (Å²) in [5.41, 5.74) is -3.18. The molecule has 0 amide bonds. The molecule has 2 unspecified atom stereocenters. The van der Waals surface area contributed by atoms with Crippen LogP contribution in [0.15, 0.2) is 0 Å². The first-order chi connectivity index (χ1) is 5.27. The number of hydrogen-bond donors (Lipinski definition) is 0. The van der Waals surface area contributed by atoms with Gasteiger partial charge in [-0.2, -0.15) is 17.6 Å². The molecule has 0 N–H and O–H groups in total. The molecule has 12 heavy (non-hydrogen) atoms. The summed E-state index contributed by atoms with van der Waals surface area (Å²) in [6.07, 6.45) is -9.43. The van der Waals surface area contributed by atoms with Gasteiger partial charge in [-0.05, 0) is 6.92 Å². The molecule has 0 radical (unpaired) electrons. The van der Waals surface area contributed by atoms with Crippen molar-refractivity contribution in [3.63, 3.8) is 0 Å². The summed E-state index contributed by atoms with van der Waals surface area (Å²) in [7, 11) is 0. The molecular weight excluding hydrogens is 184 g/mol. The van der Waals surface area contributed by atoms with Crippen molar-refractivity contribution in [1.29, 1.82) is 0 Å². The highest BCUT2D eigenvalue weighted by Gasteiger charge is 2.66. The van der Waals surface area contributed by atoms with Crippen LogP contribution in [0.1, 0.15) is 6.92 Å². The molecule has 0 spiro atoms. The number of alkyl halides is 4. The van der Waals surface area contributed by atoms with Crippen molar-refractivity contribution < 1.29 is 31.8 Å². The summed E-state index contributed by atoms with van der Waals surface area (Å²) in [6, 6.07) is 0. The Balaban J connectivity index is 2.92. The fourth-order valence-corrected chi connectivity index (χ4v) is 0.627. The third kappa shape index (κ3) is 1.09. The van der Waals surface area contributed by atoms with Crippen molar-refractivity contribution in [2.45, 2.75) is 25.1 Å². The van der Waals surface area contributed by atoms with E-state index in [2.05, 4.69) is 9.47 Å². The Morgan fingerprint density at radius 2 is 2.00 bits per heavy atom. The number of cyclic esters (lactones) is 2. The second-order valence-electron chi connectivity index (χ2n) is 2.39. The Labute approximate surface area is 64.2 Å². The summed E-state index contributed by atoms with van der Waals surface area (Å²) in [4.78, 5) is 10.1. The van der Waals surface area contributed by atoms with E-state index >= 15 is 0 Å². The van der Waals surface area contributed by atoms with Crippen LogP contribution in [0.3, 0.4) is 0 Å². The van der Waals surface area contributed by atoms with Crippen molar-refractivity contribution in [3.05, 3.63) is 0 Å². The number of carbonyl (C=O) groups excluding carboxylic acids is 1. The smallest absolute Gasteiger partial charge is 0.411 e. The molecule has 1 heterocycles. The minimum Gasteiger partial charge on any atom is -0.411 e. The van der Waals surface area contributed by atoms with Gasteiger partial charge in [-0.15, -0.1) is 0 Å². The Hall–Kier alpha value is -1.01. The van der Waals surface area contributed by atoms with Gasteiger partial charge in [-0.3, -0.25) is 0 Å². The number of carbonyl (C=O) groups is 1. The first kappa shape index (κ1) is 9.08. The molecule has 0 bridgehead atoms. The van der Waals surface area contributed by atoms with E-state index in [1.54, 1.807) is 0 Å². The van der Waals surface area contributed by atoms with Crippen LogP contribution in [-0.2, 0) is 9.47 Å². The monoisotopic (exact) mass is 188 g/mol. The maximum absolute atomic E-state index is 12.4. The zero-order chi connectivity index (χ0) is 9.57. The van der Waals surface area contributed by atoms with Gasteiger partial charge in [0.2, 0.25) is 0 Å². The largest absolute Gasteiger partial charge is 0.512 e. The Kier molecular flexibility index (Phi) is 1.69. The normalized spacial score (nSPS) is 36.1. The van der Waals surface area contributed by atoms with Gasteiger partial charge in [0.1, 0.15) is 0 Å². The predicted molar refractivity (Wildman–Crippen MR) is 26.9 cm³/mol. The van der Waals surface area contributed by atoms with Gasteiger partial charge in [0.15, 0.2) is 0 Å². The fourth-order valence-electron chi connectivity index (χ4n) is 0.627. The maximum atomic E-state index is 12.4. The standard InChI is InChI=1S/C5H4F4O3/c1-4(5(7,8)9)2(6)11-3(10)12-4/h2H,1H3. The zero-order valence-corrected chi connectivity index (χ0v) is 5.81. The predicted octanol–water partition coefficient (Wildman–Crippen LogP) is 1.77. The number of hydrogen-bond acceptors (Lipinski definition) is 3. The van der Waals surface area contributed by atoms with E-state index in [9.17, 15) is 22.4 Å². The lowest BCUT2D eigenvalue weighted by molar-refractivity contribution is -0.266. The van der Waals surface area contributed by atoms with Crippen molar-refractivity contribution in [3.8, 4) is 0 Å². The zero-order valence-electron chi connectivity index (χ0n) is 5.81. The lowest BCUT2D eigenvalue weighted by Gasteiger charge is -2.24. The molecule has 1 rings (SSSR count). The van der Waals surface area contributed by atoms with E-state index in [-0.39, 0.29) is 0 Å². The molecule has 1 aliphatic heterocycles. The maximum Gasteiger partial charge on any atom is 0.512 e. The topological polar surface area (TPSA) is 35.5 Å². The highest BCUT2D eigenvalue weighted by molar-refractivity contribution is 5.63. The Morgan fingerprint density at radius 1 is 1.50 bits per heavy atom. The van der Waals surface area contributed by atoms with Crippen LogP contribution in [0.4, 0.5) is 22.4 Å². The van der Waals surface area contributed by atoms with Crippen LogP contribution in [0.5, 0.6) is 0 Å². The summed E-state index contributed by atoms with van der Waals surface area (Å²) >= 11 is 0. The van der Waals surface area contributed by atoms with Crippen molar-refractivity contribution in [1.82, 2.24) is 0 Å². The molecule has 0 aromatic rings. The average Bonchev–Trinajstić information content (AvgIpc) is 2.06. The van der Waals surface area contributed by atoms with Crippen molar-refractivity contribution in [2.24, 2.45) is 0 Å². The lowest BCUT2D eigenvalue weighted by Crippen LogP contribution is -2.48. The van der Waals surface area contributed by atoms with Gasteiger partial charge in [-0.1, -0.05) is 0 Å². The molecule has 7 heteroatoms. The summed E-state index contributed by atoms with van der Waals surface area (Å²) < 4.78 is 55.6. The van der Waals surface area contributed by atoms with Gasteiger partial charge < -0.3 is 9.47 Å². The minimum absolute atomic E-state index is 0.405. The Bertz CT molecular complexity index is 213. The first-order valence-corrected chi connectivity index (χ1v) is 2.88. The molecule has 3 nitrogen and oxygen atoms in total. The average molecular weight is 188 g/mol. The third-order valence-corrected chi connectivity index (χ3v) is 1.49. The van der Waals surface area contributed by atoms with Gasteiger partial charge >= 0.3 is 12.3 Å². The highest BCUT2D eigenvalue weighted by atomic mass is 19.4. The molecule has 0 aromatic carbocycles. The van der Waals surface area contributed by atoms with Crippen LogP contribution in [-0.4, -0.2) is 24.3 Å². The molecule has 1 saturated heterocycles. The second kappa shape index (κ2) is 2.24. The van der Waals surface area contributed by atoms with Crippen LogP contribution in [0, 0.1) is 0 Å². The summed E-state index contributed by atoms with van der Waals surface area (Å²) in [5.74, 6) is 0. The molecule has 1 aliphatic rings. The van der Waals surface area contributed by atoms with Crippen molar-refractivity contribution in [2.75, 3.05) is 0 Å². The van der Waals surface area contributed by atoms with Crippen molar-refractivity contribution >= 4 is 6.16 Å². The van der Waals surface area contributed by atoms with Crippen LogP contribution in [0.25, 0.3) is 0 Å².